The van der Waals surface area contributed by atoms with E-state index in [0.29, 0.717) is 34.5 Å². The van der Waals surface area contributed by atoms with Crippen molar-refractivity contribution in [2.24, 2.45) is 0 Å². The molecule has 164 valence electrons. The van der Waals surface area contributed by atoms with Crippen LogP contribution >= 0.6 is 0 Å². The van der Waals surface area contributed by atoms with Crippen molar-refractivity contribution < 1.29 is 9.53 Å². The average molecular weight is 431 g/mol. The van der Waals surface area contributed by atoms with E-state index in [4.69, 9.17) is 4.74 Å². The number of para-hydroxylation sites is 1. The number of nitrogens with zero attached hydrogens (tertiary/aromatic N) is 4. The van der Waals surface area contributed by atoms with Crippen LogP contribution in [0.25, 0.3) is 16.6 Å². The minimum Gasteiger partial charge on any atom is -0.497 e. The van der Waals surface area contributed by atoms with Gasteiger partial charge in [0.15, 0.2) is 5.52 Å². The summed E-state index contributed by atoms with van der Waals surface area (Å²) in [7, 11) is 1.56. The molecule has 4 rings (SSSR count). The lowest BCUT2D eigenvalue weighted by molar-refractivity contribution is -0.119. The van der Waals surface area contributed by atoms with E-state index < -0.39 is 11.6 Å². The summed E-state index contributed by atoms with van der Waals surface area (Å²) in [4.78, 5) is 26.4. The fourth-order valence-corrected chi connectivity index (χ4v) is 3.88. The van der Waals surface area contributed by atoms with Gasteiger partial charge in [-0.15, -0.1) is 0 Å². The van der Waals surface area contributed by atoms with Gasteiger partial charge in [-0.1, -0.05) is 31.2 Å². The Labute approximate surface area is 185 Å². The second kappa shape index (κ2) is 8.66. The smallest absolute Gasteiger partial charge is 0.295 e. The second-order valence-electron chi connectivity index (χ2n) is 7.54. The molecule has 0 radical (unpaired) electrons. The molecule has 0 bridgehead atoms. The molecule has 8 nitrogen and oxygen atoms in total. The summed E-state index contributed by atoms with van der Waals surface area (Å²) >= 11 is 0. The highest BCUT2D eigenvalue weighted by Gasteiger charge is 2.25. The number of rotatable bonds is 6. The van der Waals surface area contributed by atoms with E-state index in [-0.39, 0.29) is 5.91 Å². The van der Waals surface area contributed by atoms with Gasteiger partial charge in [0.05, 0.1) is 29.6 Å². The molecule has 0 aliphatic rings. The first-order valence-electron chi connectivity index (χ1n) is 10.4. The summed E-state index contributed by atoms with van der Waals surface area (Å²) in [6.07, 6.45) is 0.395. The predicted octanol–water partition coefficient (Wildman–Crippen LogP) is 3.80. The van der Waals surface area contributed by atoms with Gasteiger partial charge in [0, 0.05) is 11.8 Å². The summed E-state index contributed by atoms with van der Waals surface area (Å²) in [6, 6.07) is 15.9. The van der Waals surface area contributed by atoms with Crippen molar-refractivity contribution >= 4 is 22.5 Å². The normalized spacial score (nSPS) is 12.0. The van der Waals surface area contributed by atoms with E-state index in [9.17, 15) is 9.59 Å². The minimum atomic E-state index is -0.779. The number of amides is 1. The lowest BCUT2D eigenvalue weighted by atomic mass is 10.1. The molecule has 2 heterocycles. The number of benzene rings is 2. The summed E-state index contributed by atoms with van der Waals surface area (Å²) in [6.45, 7) is 5.58. The van der Waals surface area contributed by atoms with Crippen LogP contribution in [0.1, 0.15) is 30.8 Å². The van der Waals surface area contributed by atoms with E-state index in [0.717, 1.165) is 11.4 Å². The highest BCUT2D eigenvalue weighted by Crippen LogP contribution is 2.23. The average Bonchev–Trinajstić information content (AvgIpc) is 3.16. The summed E-state index contributed by atoms with van der Waals surface area (Å²) < 4.78 is 8.19. The van der Waals surface area contributed by atoms with Crippen molar-refractivity contribution in [3.05, 3.63) is 76.3 Å². The number of aromatic nitrogens is 4. The van der Waals surface area contributed by atoms with Crippen LogP contribution in [0.5, 0.6) is 5.75 Å². The van der Waals surface area contributed by atoms with E-state index in [1.54, 1.807) is 36.1 Å². The molecule has 0 unspecified atom stereocenters. The molecule has 8 heteroatoms. The van der Waals surface area contributed by atoms with Crippen LogP contribution < -0.4 is 15.6 Å². The molecule has 1 N–H and O–H groups in total. The molecule has 0 fully saturated rings. The first-order valence-corrected chi connectivity index (χ1v) is 10.4. The molecule has 0 saturated heterocycles. The number of ether oxygens (including phenoxy) is 1. The third-order valence-electron chi connectivity index (χ3n) is 5.47. The van der Waals surface area contributed by atoms with Crippen LogP contribution in [0.3, 0.4) is 0 Å². The number of carbonyl (C=O) groups is 1. The van der Waals surface area contributed by atoms with Gasteiger partial charge in [-0.25, -0.2) is 9.36 Å². The monoisotopic (exact) mass is 431 g/mol. The molecule has 0 saturated carbocycles. The summed E-state index contributed by atoms with van der Waals surface area (Å²) in [5.74, 6) is 0.304. The largest absolute Gasteiger partial charge is 0.497 e. The van der Waals surface area contributed by atoms with Gasteiger partial charge in [0.2, 0.25) is 5.91 Å². The van der Waals surface area contributed by atoms with Crippen LogP contribution in [0.2, 0.25) is 0 Å². The standard InChI is InChI=1S/C24H25N5O3/c1-5-20(23(30)25-17-10-9-13-19(14-17)32-4)29-24(31)22-21(15(2)26-29)16(3)28(27-22)18-11-7-6-8-12-18/h6-14,20H,5H2,1-4H3,(H,25,30)/t20-/m0/s1. The molecule has 4 aromatic rings. The zero-order valence-electron chi connectivity index (χ0n) is 18.5. The highest BCUT2D eigenvalue weighted by atomic mass is 16.5. The Hall–Kier alpha value is -3.94. The molecule has 1 atom stereocenters. The minimum absolute atomic E-state index is 0.298. The molecular formula is C24H25N5O3. The third-order valence-corrected chi connectivity index (χ3v) is 5.47. The fourth-order valence-electron chi connectivity index (χ4n) is 3.88. The molecule has 0 aliphatic carbocycles. The number of carbonyl (C=O) groups excluding carboxylic acids is 1. The lowest BCUT2D eigenvalue weighted by Crippen LogP contribution is -2.35. The predicted molar refractivity (Wildman–Crippen MR) is 124 cm³/mol. The van der Waals surface area contributed by atoms with Crippen molar-refractivity contribution in [3.8, 4) is 11.4 Å². The van der Waals surface area contributed by atoms with Crippen LogP contribution in [0.4, 0.5) is 5.69 Å². The first kappa shape index (κ1) is 21.3. The highest BCUT2D eigenvalue weighted by molar-refractivity contribution is 5.94. The number of methoxy groups -OCH3 is 1. The van der Waals surface area contributed by atoms with Gasteiger partial charge in [0.1, 0.15) is 11.8 Å². The molecule has 2 aromatic heterocycles. The Kier molecular flexibility index (Phi) is 5.77. The van der Waals surface area contributed by atoms with Gasteiger partial charge < -0.3 is 10.1 Å². The van der Waals surface area contributed by atoms with Crippen molar-refractivity contribution in [3.63, 3.8) is 0 Å². The van der Waals surface area contributed by atoms with Crippen LogP contribution in [-0.4, -0.2) is 32.6 Å². The van der Waals surface area contributed by atoms with Crippen molar-refractivity contribution in [2.45, 2.75) is 33.2 Å². The van der Waals surface area contributed by atoms with E-state index >= 15 is 0 Å². The van der Waals surface area contributed by atoms with Crippen LogP contribution in [0.15, 0.2) is 59.4 Å². The van der Waals surface area contributed by atoms with Gasteiger partial charge >= 0.3 is 0 Å². The molecule has 0 aliphatic heterocycles. The maximum Gasteiger partial charge on any atom is 0.295 e. The Balaban J connectivity index is 1.76. The topological polar surface area (TPSA) is 91.0 Å². The van der Waals surface area contributed by atoms with Crippen molar-refractivity contribution in [1.29, 1.82) is 0 Å². The van der Waals surface area contributed by atoms with Crippen LogP contribution in [-0.2, 0) is 4.79 Å². The molecule has 1 amide bonds. The molecule has 32 heavy (non-hydrogen) atoms. The number of fused-ring (bicyclic) bond motifs is 1. The fraction of sp³-hybridized carbons (Fsp3) is 0.250. The number of aryl methyl sites for hydroxylation is 2. The summed E-state index contributed by atoms with van der Waals surface area (Å²) in [5.41, 5.74) is 2.82. The second-order valence-corrected chi connectivity index (χ2v) is 7.54. The Bertz CT molecular complexity index is 1340. The van der Waals surface area contributed by atoms with Gasteiger partial charge in [-0.05, 0) is 44.5 Å². The van der Waals surface area contributed by atoms with Crippen molar-refractivity contribution in [2.75, 3.05) is 12.4 Å². The zero-order valence-corrected chi connectivity index (χ0v) is 18.5. The maximum atomic E-state index is 13.4. The van der Waals surface area contributed by atoms with Crippen molar-refractivity contribution in [1.82, 2.24) is 19.6 Å². The quantitative estimate of drug-likeness (QED) is 0.501. The molecule has 2 aromatic carbocycles. The van der Waals surface area contributed by atoms with Crippen LogP contribution in [0, 0.1) is 13.8 Å². The Morgan fingerprint density at radius 3 is 2.53 bits per heavy atom. The SMILES string of the molecule is CC[C@@H](C(=O)Nc1cccc(OC)c1)n1nc(C)c2c(C)n(-c3ccccc3)nc2c1=O. The zero-order chi connectivity index (χ0) is 22.8. The van der Waals surface area contributed by atoms with E-state index in [2.05, 4.69) is 15.5 Å². The number of hydrogen-bond donors (Lipinski definition) is 1. The van der Waals surface area contributed by atoms with E-state index in [1.165, 1.54) is 4.68 Å². The van der Waals surface area contributed by atoms with E-state index in [1.807, 2.05) is 51.1 Å². The summed E-state index contributed by atoms with van der Waals surface area (Å²) in [5, 5.41) is 12.6. The number of hydrogen-bond acceptors (Lipinski definition) is 5. The first-order chi connectivity index (χ1) is 15.4. The lowest BCUT2D eigenvalue weighted by Gasteiger charge is -2.17. The van der Waals surface area contributed by atoms with Gasteiger partial charge in [-0.3, -0.25) is 9.59 Å². The van der Waals surface area contributed by atoms with Gasteiger partial charge in [0.25, 0.3) is 5.56 Å². The third kappa shape index (κ3) is 3.75. The van der Waals surface area contributed by atoms with Gasteiger partial charge in [-0.2, -0.15) is 10.2 Å². The molecule has 0 spiro atoms. The number of nitrogens with one attached hydrogen (secondary N) is 1. The Morgan fingerprint density at radius 2 is 1.84 bits per heavy atom. The molecular weight excluding hydrogens is 406 g/mol. The number of anilines is 1. The maximum absolute atomic E-state index is 13.4. The Morgan fingerprint density at radius 1 is 1.09 bits per heavy atom.